The molecule has 1 unspecified atom stereocenters. The van der Waals surface area contributed by atoms with Crippen molar-refractivity contribution in [3.8, 4) is 11.5 Å². The summed E-state index contributed by atoms with van der Waals surface area (Å²) in [4.78, 5) is 6.96. The van der Waals surface area contributed by atoms with E-state index < -0.39 is 9.92 Å². The molecule has 3 aliphatic rings. The number of anilines is 1. The first-order valence-electron chi connectivity index (χ1n) is 10.7. The van der Waals surface area contributed by atoms with Crippen LogP contribution in [0.5, 0.6) is 11.5 Å². The Kier molecular flexibility index (Phi) is 4.82. The summed E-state index contributed by atoms with van der Waals surface area (Å²) in [5.74, 6) is 1.40. The van der Waals surface area contributed by atoms with Crippen LogP contribution in [0, 0.1) is 10.2 Å². The van der Waals surface area contributed by atoms with Gasteiger partial charge in [-0.3, -0.25) is 4.98 Å². The molecular formula is C22H30N4O3S. The maximum Gasteiger partial charge on any atom is 0.162 e. The number of hydrogen-bond acceptors (Lipinski definition) is 6. The van der Waals surface area contributed by atoms with Gasteiger partial charge < -0.3 is 14.4 Å². The van der Waals surface area contributed by atoms with Crippen molar-refractivity contribution < 1.29 is 13.7 Å². The van der Waals surface area contributed by atoms with Crippen LogP contribution in [0.25, 0.3) is 10.9 Å². The van der Waals surface area contributed by atoms with Crippen LogP contribution in [0.15, 0.2) is 24.4 Å². The molecule has 8 heteroatoms. The van der Waals surface area contributed by atoms with Crippen molar-refractivity contribution in [2.24, 2.45) is 5.41 Å². The summed E-state index contributed by atoms with van der Waals surface area (Å²) >= 11 is 0. The van der Waals surface area contributed by atoms with Crippen molar-refractivity contribution in [2.45, 2.75) is 37.4 Å². The van der Waals surface area contributed by atoms with E-state index >= 15 is 0 Å². The van der Waals surface area contributed by atoms with Crippen LogP contribution in [0.2, 0.25) is 0 Å². The highest BCUT2D eigenvalue weighted by Crippen LogP contribution is 2.45. The third-order valence-corrected chi connectivity index (χ3v) is 9.61. The fourth-order valence-electron chi connectivity index (χ4n) is 5.09. The second-order valence-corrected chi connectivity index (χ2v) is 11.2. The van der Waals surface area contributed by atoms with Crippen LogP contribution in [0.4, 0.5) is 5.69 Å². The third-order valence-electron chi connectivity index (χ3n) is 7.15. The normalized spacial score (nSPS) is 23.6. The van der Waals surface area contributed by atoms with Crippen LogP contribution < -0.4 is 14.4 Å². The molecule has 1 spiro atoms. The van der Waals surface area contributed by atoms with Gasteiger partial charge in [0, 0.05) is 49.5 Å². The predicted molar refractivity (Wildman–Crippen MR) is 119 cm³/mol. The zero-order valence-corrected chi connectivity index (χ0v) is 18.5. The summed E-state index contributed by atoms with van der Waals surface area (Å²) in [6.07, 6.45) is 6.98. The molecule has 162 valence electrons. The lowest BCUT2D eigenvalue weighted by Gasteiger charge is -2.40. The standard InChI is InChI=1S/C22H30N4O3S/c1-28-20-13-17-18(14-21(20)29-2)24-9-5-19(17)25-10-6-22(7-11-25)8-12-26(15-22)30(23,27)16-3-4-16/h5,9,13-14,16,23H,3-4,6-8,10-12,15H2,1-2H3. The zero-order valence-electron chi connectivity index (χ0n) is 17.7. The number of piperidine rings is 1. The quantitative estimate of drug-likeness (QED) is 0.783. The minimum atomic E-state index is -2.56. The topological polar surface area (TPSA) is 78.8 Å². The number of ether oxygens (including phenoxy) is 2. The van der Waals surface area contributed by atoms with E-state index in [-0.39, 0.29) is 10.7 Å². The highest BCUT2D eigenvalue weighted by Gasteiger charge is 2.46. The van der Waals surface area contributed by atoms with Crippen molar-refractivity contribution in [2.75, 3.05) is 45.3 Å². The van der Waals surface area contributed by atoms with Crippen LogP contribution in [-0.2, 0) is 9.92 Å². The van der Waals surface area contributed by atoms with Crippen molar-refractivity contribution in [1.82, 2.24) is 9.29 Å². The van der Waals surface area contributed by atoms with Crippen LogP contribution in [-0.4, -0.2) is 59.1 Å². The molecule has 1 aromatic heterocycles. The van der Waals surface area contributed by atoms with E-state index in [1.807, 2.05) is 22.6 Å². The van der Waals surface area contributed by atoms with Crippen molar-refractivity contribution in [3.05, 3.63) is 24.4 Å². The Balaban J connectivity index is 1.35. The van der Waals surface area contributed by atoms with E-state index in [1.165, 1.54) is 5.69 Å². The van der Waals surface area contributed by atoms with Crippen molar-refractivity contribution in [1.29, 1.82) is 4.78 Å². The number of pyridine rings is 1. The van der Waals surface area contributed by atoms with Gasteiger partial charge in [-0.05, 0) is 49.7 Å². The average molecular weight is 431 g/mol. The molecule has 0 radical (unpaired) electrons. The van der Waals surface area contributed by atoms with E-state index in [4.69, 9.17) is 14.3 Å². The van der Waals surface area contributed by atoms with Gasteiger partial charge in [-0.25, -0.2) is 13.3 Å². The van der Waals surface area contributed by atoms with Crippen molar-refractivity contribution in [3.63, 3.8) is 0 Å². The highest BCUT2D eigenvalue weighted by atomic mass is 32.2. The first-order valence-corrected chi connectivity index (χ1v) is 12.3. The Morgan fingerprint density at radius 1 is 1.10 bits per heavy atom. The Bertz CT molecular complexity index is 1060. The Labute approximate surface area is 178 Å². The minimum absolute atomic E-state index is 0.114. The molecule has 2 aliphatic heterocycles. The van der Waals surface area contributed by atoms with Gasteiger partial charge in [0.1, 0.15) is 9.92 Å². The molecular weight excluding hydrogens is 400 g/mol. The van der Waals surface area contributed by atoms with Gasteiger partial charge in [-0.2, -0.15) is 0 Å². The highest BCUT2D eigenvalue weighted by molar-refractivity contribution is 7.91. The van der Waals surface area contributed by atoms with E-state index in [2.05, 4.69) is 16.0 Å². The number of rotatable bonds is 5. The first kappa shape index (κ1) is 19.9. The zero-order chi connectivity index (χ0) is 20.9. The molecule has 7 nitrogen and oxygen atoms in total. The Hall–Kier alpha value is -2.06. The number of nitrogens with zero attached hydrogens (tertiary/aromatic N) is 3. The maximum atomic E-state index is 12.9. The van der Waals surface area contributed by atoms with Gasteiger partial charge in [0.25, 0.3) is 0 Å². The minimum Gasteiger partial charge on any atom is -0.493 e. The lowest BCUT2D eigenvalue weighted by atomic mass is 9.77. The summed E-state index contributed by atoms with van der Waals surface area (Å²) in [5.41, 5.74) is 2.28. The second-order valence-electron chi connectivity index (χ2n) is 8.92. The molecule has 5 rings (SSSR count). The molecule has 3 heterocycles. The average Bonchev–Trinajstić information content (AvgIpc) is 3.55. The number of fused-ring (bicyclic) bond motifs is 1. The predicted octanol–water partition coefficient (Wildman–Crippen LogP) is 3.67. The van der Waals surface area contributed by atoms with Gasteiger partial charge in [-0.15, -0.1) is 0 Å². The molecule has 1 aromatic carbocycles. The van der Waals surface area contributed by atoms with E-state index in [9.17, 15) is 4.21 Å². The molecule has 1 saturated carbocycles. The second kappa shape index (κ2) is 7.27. The molecule has 1 N–H and O–H groups in total. The molecule has 3 fully saturated rings. The molecule has 2 saturated heterocycles. The molecule has 0 bridgehead atoms. The lowest BCUT2D eigenvalue weighted by molar-refractivity contribution is 0.236. The largest absolute Gasteiger partial charge is 0.493 e. The van der Waals surface area contributed by atoms with Gasteiger partial charge in [0.15, 0.2) is 11.5 Å². The fraction of sp³-hybridized carbons (Fsp3) is 0.591. The molecule has 30 heavy (non-hydrogen) atoms. The third kappa shape index (κ3) is 3.30. The summed E-state index contributed by atoms with van der Waals surface area (Å²) in [6.45, 7) is 3.56. The van der Waals surface area contributed by atoms with Gasteiger partial charge in [-0.1, -0.05) is 0 Å². The van der Waals surface area contributed by atoms with E-state index in [1.54, 1.807) is 14.2 Å². The van der Waals surface area contributed by atoms with E-state index in [0.29, 0.717) is 11.5 Å². The van der Waals surface area contributed by atoms with E-state index in [0.717, 1.165) is 69.2 Å². The van der Waals surface area contributed by atoms with Gasteiger partial charge in [0.05, 0.1) is 25.0 Å². The number of benzene rings is 1. The Morgan fingerprint density at radius 2 is 1.77 bits per heavy atom. The lowest BCUT2D eigenvalue weighted by Crippen LogP contribution is -2.42. The molecule has 2 aromatic rings. The number of aromatic nitrogens is 1. The summed E-state index contributed by atoms with van der Waals surface area (Å²) < 4.78 is 34.2. The van der Waals surface area contributed by atoms with Crippen LogP contribution in [0.3, 0.4) is 0 Å². The van der Waals surface area contributed by atoms with Gasteiger partial charge in [0.2, 0.25) is 0 Å². The van der Waals surface area contributed by atoms with Crippen molar-refractivity contribution >= 4 is 26.5 Å². The summed E-state index contributed by atoms with van der Waals surface area (Å²) in [6, 6.07) is 6.03. The maximum absolute atomic E-state index is 12.9. The Morgan fingerprint density at radius 3 is 2.43 bits per heavy atom. The SMILES string of the molecule is COc1cc2nccc(N3CCC4(CC3)CCN(S(=N)(=O)C3CC3)C4)c2cc1OC. The van der Waals surface area contributed by atoms with Gasteiger partial charge >= 0.3 is 0 Å². The number of methoxy groups -OCH3 is 2. The molecule has 1 aliphatic carbocycles. The van der Waals surface area contributed by atoms with Crippen LogP contribution in [0.1, 0.15) is 32.1 Å². The summed E-state index contributed by atoms with van der Waals surface area (Å²) in [7, 11) is 0.731. The molecule has 0 amide bonds. The first-order chi connectivity index (χ1) is 14.5. The number of hydrogen-bond donors (Lipinski definition) is 1. The summed E-state index contributed by atoms with van der Waals surface area (Å²) in [5, 5.41) is 1.19. The van der Waals surface area contributed by atoms with Crippen LogP contribution >= 0.6 is 0 Å². The monoisotopic (exact) mass is 430 g/mol. The molecule has 1 atom stereocenters. The number of nitrogens with one attached hydrogen (secondary N) is 1. The smallest absolute Gasteiger partial charge is 0.162 e. The fourth-order valence-corrected chi connectivity index (χ4v) is 7.11.